The third-order valence-corrected chi connectivity index (χ3v) is 3.51. The zero-order chi connectivity index (χ0) is 13.9. The van der Waals surface area contributed by atoms with Crippen LogP contribution in [-0.2, 0) is 20.1 Å². The van der Waals surface area contributed by atoms with Gasteiger partial charge in [-0.05, 0) is 0 Å². The second-order valence-corrected chi connectivity index (χ2v) is 4.80. The van der Waals surface area contributed by atoms with E-state index in [0.717, 1.165) is 0 Å². The first-order valence-electron chi connectivity index (χ1n) is 5.51. The molecular weight excluding hydrogens is 266 g/mol. The van der Waals surface area contributed by atoms with Crippen LogP contribution in [0.2, 0.25) is 0 Å². The van der Waals surface area contributed by atoms with Crippen molar-refractivity contribution in [2.45, 2.75) is 5.72 Å². The Hall–Kier alpha value is -1.86. The summed E-state index contributed by atoms with van der Waals surface area (Å²) in [4.78, 5) is 27.2. The van der Waals surface area contributed by atoms with Crippen LogP contribution >= 0.6 is 11.8 Å². The summed E-state index contributed by atoms with van der Waals surface area (Å²) in [6.45, 7) is 0. The van der Waals surface area contributed by atoms with Crippen molar-refractivity contribution >= 4 is 28.7 Å². The quantitative estimate of drug-likeness (QED) is 0.822. The number of primary amides is 1. The molecule has 1 saturated heterocycles. The van der Waals surface area contributed by atoms with E-state index in [1.54, 1.807) is 24.3 Å². The number of rotatable bonds is 4. The van der Waals surface area contributed by atoms with E-state index in [4.69, 9.17) is 10.5 Å². The van der Waals surface area contributed by atoms with Crippen LogP contribution in [0.1, 0.15) is 5.56 Å². The topological polar surface area (TPSA) is 93.8 Å². The van der Waals surface area contributed by atoms with Gasteiger partial charge in [-0.15, -0.1) is 0 Å². The lowest BCUT2D eigenvalue weighted by atomic mass is 10.0. The fourth-order valence-corrected chi connectivity index (χ4v) is 2.44. The molecular formula is C12H13N3O3S. The summed E-state index contributed by atoms with van der Waals surface area (Å²) in [5.74, 6) is -0.631. The zero-order valence-corrected chi connectivity index (χ0v) is 11.1. The van der Waals surface area contributed by atoms with E-state index >= 15 is 0 Å². The lowest BCUT2D eigenvalue weighted by molar-refractivity contribution is -0.140. The van der Waals surface area contributed by atoms with Gasteiger partial charge in [-0.25, -0.2) is 4.99 Å². The molecule has 1 fully saturated rings. The molecule has 7 heteroatoms. The van der Waals surface area contributed by atoms with Gasteiger partial charge in [0.05, 0.1) is 5.75 Å². The molecule has 100 valence electrons. The molecule has 1 heterocycles. The second kappa shape index (κ2) is 5.41. The molecule has 1 aromatic rings. The molecule has 19 heavy (non-hydrogen) atoms. The van der Waals surface area contributed by atoms with Gasteiger partial charge in [0, 0.05) is 12.7 Å². The highest BCUT2D eigenvalue weighted by Crippen LogP contribution is 2.28. The molecule has 0 saturated carbocycles. The van der Waals surface area contributed by atoms with E-state index in [9.17, 15) is 9.59 Å². The molecule has 1 aromatic carbocycles. The Morgan fingerprint density at radius 2 is 2.16 bits per heavy atom. The maximum absolute atomic E-state index is 11.8. The van der Waals surface area contributed by atoms with Crippen molar-refractivity contribution in [1.82, 2.24) is 5.32 Å². The Morgan fingerprint density at radius 3 is 2.63 bits per heavy atom. The number of ether oxygens (including phenoxy) is 1. The average Bonchev–Trinajstić information content (AvgIpc) is 2.82. The summed E-state index contributed by atoms with van der Waals surface area (Å²) in [7, 11) is 1.35. The van der Waals surface area contributed by atoms with E-state index in [2.05, 4.69) is 10.3 Å². The monoisotopic (exact) mass is 279 g/mol. The molecule has 6 nitrogen and oxygen atoms in total. The highest BCUT2D eigenvalue weighted by molar-refractivity contribution is 8.15. The van der Waals surface area contributed by atoms with Gasteiger partial charge in [-0.2, -0.15) is 0 Å². The van der Waals surface area contributed by atoms with Crippen LogP contribution in [0.4, 0.5) is 0 Å². The number of amidine groups is 1. The third kappa shape index (κ3) is 2.61. The molecule has 1 atom stereocenters. The first-order valence-corrected chi connectivity index (χ1v) is 6.50. The average molecular weight is 279 g/mol. The van der Waals surface area contributed by atoms with Crippen LogP contribution < -0.4 is 11.1 Å². The molecule has 0 aromatic heterocycles. The van der Waals surface area contributed by atoms with Gasteiger partial charge in [-0.3, -0.25) is 9.59 Å². The number of methoxy groups -OCH3 is 1. The predicted molar refractivity (Wildman–Crippen MR) is 72.4 cm³/mol. The number of amides is 2. The van der Waals surface area contributed by atoms with Crippen LogP contribution in [0, 0.1) is 0 Å². The molecule has 0 spiro atoms. The fraction of sp³-hybridized carbons (Fsp3) is 0.250. The van der Waals surface area contributed by atoms with Crippen molar-refractivity contribution in [3.8, 4) is 0 Å². The standard InChI is InChI=1S/C12H13N3O3S/c1-18-12(10(13)17,8-5-3-2-4-6-8)15-11-14-9(16)7-19-11/h2-6H,7H2,1H3,(H2,13,17)(H,14,15,16). The van der Waals surface area contributed by atoms with Crippen LogP contribution in [0.15, 0.2) is 35.3 Å². The van der Waals surface area contributed by atoms with E-state index in [-0.39, 0.29) is 11.7 Å². The predicted octanol–water partition coefficient (Wildman–Crippen LogP) is 0.190. The molecule has 3 N–H and O–H groups in total. The lowest BCUT2D eigenvalue weighted by Crippen LogP contribution is -2.42. The van der Waals surface area contributed by atoms with Gasteiger partial charge in [0.1, 0.15) is 0 Å². The fourth-order valence-electron chi connectivity index (χ4n) is 1.72. The summed E-state index contributed by atoms with van der Waals surface area (Å²) in [6.07, 6.45) is 0. The summed E-state index contributed by atoms with van der Waals surface area (Å²) in [5, 5.41) is 2.88. The number of carbonyl (C=O) groups excluding carboxylic acids is 2. The van der Waals surface area contributed by atoms with Crippen molar-refractivity contribution < 1.29 is 14.3 Å². The minimum Gasteiger partial charge on any atom is -0.365 e. The Bertz CT molecular complexity index is 532. The lowest BCUT2D eigenvalue weighted by Gasteiger charge is -2.25. The molecule has 1 aliphatic rings. The van der Waals surface area contributed by atoms with Gasteiger partial charge in [-0.1, -0.05) is 42.1 Å². The maximum Gasteiger partial charge on any atom is 0.277 e. The van der Waals surface area contributed by atoms with Gasteiger partial charge in [0.25, 0.3) is 11.6 Å². The number of carbonyl (C=O) groups is 2. The van der Waals surface area contributed by atoms with Gasteiger partial charge >= 0.3 is 0 Å². The highest BCUT2D eigenvalue weighted by atomic mass is 32.2. The van der Waals surface area contributed by atoms with Crippen molar-refractivity contribution in [2.75, 3.05) is 12.9 Å². The molecule has 1 unspecified atom stereocenters. The SMILES string of the molecule is COC(N=C1NC(=O)CS1)(C(N)=O)c1ccccc1. The van der Waals surface area contributed by atoms with Crippen molar-refractivity contribution in [2.24, 2.45) is 10.7 Å². The summed E-state index contributed by atoms with van der Waals surface area (Å²) < 4.78 is 5.26. The number of hydrogen-bond acceptors (Lipinski definition) is 5. The number of aliphatic imine (C=N–C) groups is 1. The molecule has 2 rings (SSSR count). The minimum atomic E-state index is -1.62. The Labute approximate surface area is 114 Å². The van der Waals surface area contributed by atoms with Gasteiger partial charge in [0.15, 0.2) is 5.17 Å². The first kappa shape index (κ1) is 13.6. The van der Waals surface area contributed by atoms with Crippen LogP contribution in [0.5, 0.6) is 0 Å². The zero-order valence-electron chi connectivity index (χ0n) is 10.3. The Morgan fingerprint density at radius 1 is 1.47 bits per heavy atom. The van der Waals surface area contributed by atoms with Crippen molar-refractivity contribution in [3.63, 3.8) is 0 Å². The molecule has 0 aliphatic carbocycles. The van der Waals surface area contributed by atoms with E-state index in [1.807, 2.05) is 6.07 Å². The maximum atomic E-state index is 11.8. The largest absolute Gasteiger partial charge is 0.365 e. The first-order chi connectivity index (χ1) is 9.08. The second-order valence-electron chi connectivity index (χ2n) is 3.83. The molecule has 1 aliphatic heterocycles. The van der Waals surface area contributed by atoms with Crippen LogP contribution in [0.25, 0.3) is 0 Å². The number of nitrogens with one attached hydrogen (secondary N) is 1. The molecule has 0 radical (unpaired) electrons. The minimum absolute atomic E-state index is 0.161. The summed E-state index contributed by atoms with van der Waals surface area (Å²) >= 11 is 1.21. The van der Waals surface area contributed by atoms with Gasteiger partial charge < -0.3 is 15.8 Å². The van der Waals surface area contributed by atoms with Crippen LogP contribution in [0.3, 0.4) is 0 Å². The smallest absolute Gasteiger partial charge is 0.277 e. The number of nitrogens with zero attached hydrogens (tertiary/aromatic N) is 1. The number of hydrogen-bond donors (Lipinski definition) is 2. The van der Waals surface area contributed by atoms with E-state index in [1.165, 1.54) is 18.9 Å². The van der Waals surface area contributed by atoms with Crippen LogP contribution in [-0.4, -0.2) is 29.8 Å². The van der Waals surface area contributed by atoms with E-state index in [0.29, 0.717) is 10.7 Å². The Balaban J connectivity index is 2.46. The molecule has 0 bridgehead atoms. The van der Waals surface area contributed by atoms with Gasteiger partial charge in [0.2, 0.25) is 5.91 Å². The number of benzene rings is 1. The van der Waals surface area contributed by atoms with Crippen molar-refractivity contribution in [3.05, 3.63) is 35.9 Å². The van der Waals surface area contributed by atoms with E-state index < -0.39 is 11.6 Å². The molecule has 2 amide bonds. The third-order valence-electron chi connectivity index (χ3n) is 2.64. The van der Waals surface area contributed by atoms with Crippen molar-refractivity contribution in [1.29, 1.82) is 0 Å². The highest BCUT2D eigenvalue weighted by Gasteiger charge is 2.40. The number of nitrogens with two attached hydrogens (primary N) is 1. The summed E-state index contributed by atoms with van der Waals surface area (Å²) in [5.41, 5.74) is 4.32. The Kier molecular flexibility index (Phi) is 3.87. The normalized spacial score (nSPS) is 20.1. The number of thioether (sulfide) groups is 1. The summed E-state index contributed by atoms with van der Waals surface area (Å²) in [6, 6.07) is 8.71.